The Hall–Kier alpha value is -2.47. The number of aliphatic hydroxyl groups excluding tert-OH is 2. The summed E-state index contributed by atoms with van der Waals surface area (Å²) >= 11 is 0.973. The van der Waals surface area contributed by atoms with E-state index in [4.69, 9.17) is 9.84 Å². The highest BCUT2D eigenvalue weighted by Crippen LogP contribution is 2.30. The number of aliphatic hydroxyl groups is 2. The molecule has 0 radical (unpaired) electrons. The van der Waals surface area contributed by atoms with Crippen LogP contribution in [0, 0.1) is 10.1 Å². The van der Waals surface area contributed by atoms with Crippen molar-refractivity contribution in [2.75, 3.05) is 11.3 Å². The molecule has 1 aromatic heterocycles. The molecule has 3 N–H and O–H groups in total. The molecule has 1 aliphatic heterocycles. The van der Waals surface area contributed by atoms with Gasteiger partial charge in [-0.2, -0.15) is 4.98 Å². The van der Waals surface area contributed by atoms with Crippen LogP contribution in [0.4, 0.5) is 11.5 Å². The van der Waals surface area contributed by atoms with Gasteiger partial charge < -0.3 is 19.7 Å². The number of nitrogens with one attached hydrogen (secondary N) is 1. The second-order valence-electron chi connectivity index (χ2n) is 5.55. The molecule has 3 rings (SSSR count). The van der Waals surface area contributed by atoms with Gasteiger partial charge >= 0.3 is 5.69 Å². The molecule has 2 aromatic rings. The number of nitrogens with zero attached hydrogens (tertiary/aromatic N) is 3. The molecule has 0 bridgehead atoms. The van der Waals surface area contributed by atoms with Crippen LogP contribution in [0.15, 0.2) is 46.2 Å². The molecule has 0 amide bonds. The molecule has 0 aliphatic carbocycles. The average Bonchev–Trinajstić information content (AvgIpc) is 3.00. The zero-order valence-corrected chi connectivity index (χ0v) is 14.2. The number of benzene rings is 1. The van der Waals surface area contributed by atoms with E-state index >= 15 is 0 Å². The van der Waals surface area contributed by atoms with Crippen molar-refractivity contribution in [1.29, 1.82) is 0 Å². The Morgan fingerprint density at radius 1 is 1.42 bits per heavy atom. The van der Waals surface area contributed by atoms with Crippen molar-refractivity contribution in [1.82, 2.24) is 9.55 Å². The number of para-hydroxylation sites is 1. The maximum atomic E-state index is 12.2. The summed E-state index contributed by atoms with van der Waals surface area (Å²) in [6, 6.07) is 7.72. The summed E-state index contributed by atoms with van der Waals surface area (Å²) in [5, 5.41) is 29.9. The number of hydrogen-bond acceptors (Lipinski definition) is 9. The largest absolute Gasteiger partial charge is 0.394 e. The highest BCUT2D eigenvalue weighted by molar-refractivity contribution is 8.00. The van der Waals surface area contributed by atoms with Gasteiger partial charge in [0.15, 0.2) is 0 Å². The van der Waals surface area contributed by atoms with Crippen LogP contribution in [-0.2, 0) is 4.74 Å². The Morgan fingerprint density at radius 3 is 2.85 bits per heavy atom. The van der Waals surface area contributed by atoms with Crippen molar-refractivity contribution in [2.45, 2.75) is 29.8 Å². The van der Waals surface area contributed by atoms with Crippen LogP contribution in [-0.4, -0.2) is 43.5 Å². The third-order valence-corrected chi connectivity index (χ3v) is 4.73. The summed E-state index contributed by atoms with van der Waals surface area (Å²) in [5.74, 6) is 0.228. The van der Waals surface area contributed by atoms with Gasteiger partial charge in [0.2, 0.25) is 0 Å². The molecule has 138 valence electrons. The lowest BCUT2D eigenvalue weighted by Gasteiger charge is -2.14. The highest BCUT2D eigenvalue weighted by atomic mass is 32.2. The van der Waals surface area contributed by atoms with Crippen molar-refractivity contribution in [3.63, 3.8) is 0 Å². The molecule has 1 aliphatic rings. The number of ether oxygens (including phenoxy) is 1. The topological polar surface area (TPSA) is 140 Å². The van der Waals surface area contributed by atoms with Crippen LogP contribution >= 0.6 is 11.9 Å². The van der Waals surface area contributed by atoms with Gasteiger partial charge in [-0.15, -0.1) is 0 Å². The molecule has 3 unspecified atom stereocenters. The Kier molecular flexibility index (Phi) is 5.52. The van der Waals surface area contributed by atoms with Gasteiger partial charge in [0, 0.05) is 18.7 Å². The summed E-state index contributed by atoms with van der Waals surface area (Å²) in [6.45, 7) is -0.341. The fourth-order valence-electron chi connectivity index (χ4n) is 2.54. The molecular formula is C15H16N4O6S. The predicted molar refractivity (Wildman–Crippen MR) is 92.7 cm³/mol. The zero-order chi connectivity index (χ0) is 18.7. The fourth-order valence-corrected chi connectivity index (χ4v) is 3.26. The molecule has 11 heteroatoms. The molecule has 0 spiro atoms. The summed E-state index contributed by atoms with van der Waals surface area (Å²) in [4.78, 5) is 26.9. The fraction of sp³-hybridized carbons (Fsp3) is 0.333. The lowest BCUT2D eigenvalue weighted by atomic mass is 10.2. The van der Waals surface area contributed by atoms with Gasteiger partial charge in [-0.25, -0.2) is 4.79 Å². The number of aromatic nitrogens is 2. The van der Waals surface area contributed by atoms with E-state index < -0.39 is 29.0 Å². The van der Waals surface area contributed by atoms with Crippen LogP contribution in [0.25, 0.3) is 0 Å². The summed E-state index contributed by atoms with van der Waals surface area (Å²) in [7, 11) is 0. The van der Waals surface area contributed by atoms with Gasteiger partial charge in [0.1, 0.15) is 23.0 Å². The molecule has 3 atom stereocenters. The lowest BCUT2D eigenvalue weighted by molar-refractivity contribution is -0.387. The molecule has 1 aromatic carbocycles. The standard InChI is InChI=1S/C15H16N4O6S/c20-8-11-10(21)7-14(25-11)18-6-5-13(16-15(18)22)17-26-12-4-2-1-3-9(12)19(23)24/h1-6,10-11,14,20-21H,7-8H2,(H,16,17,22). The Morgan fingerprint density at radius 2 is 2.19 bits per heavy atom. The van der Waals surface area contributed by atoms with E-state index in [1.807, 2.05) is 0 Å². The van der Waals surface area contributed by atoms with Crippen molar-refractivity contribution in [3.05, 3.63) is 57.1 Å². The van der Waals surface area contributed by atoms with Gasteiger partial charge in [-0.1, -0.05) is 12.1 Å². The highest BCUT2D eigenvalue weighted by Gasteiger charge is 2.34. The average molecular weight is 380 g/mol. The number of nitro benzene ring substituents is 1. The van der Waals surface area contributed by atoms with Gasteiger partial charge in [0.05, 0.1) is 17.6 Å². The third-order valence-electron chi connectivity index (χ3n) is 3.85. The van der Waals surface area contributed by atoms with E-state index in [1.54, 1.807) is 18.2 Å². The van der Waals surface area contributed by atoms with Crippen LogP contribution in [0.1, 0.15) is 12.6 Å². The van der Waals surface area contributed by atoms with Crippen molar-refractivity contribution in [3.8, 4) is 0 Å². The van der Waals surface area contributed by atoms with Gasteiger partial charge in [0.25, 0.3) is 5.69 Å². The van der Waals surface area contributed by atoms with Crippen LogP contribution in [0.5, 0.6) is 0 Å². The first kappa shape index (κ1) is 18.3. The maximum Gasteiger partial charge on any atom is 0.351 e. The van der Waals surface area contributed by atoms with E-state index in [-0.39, 0.29) is 24.5 Å². The monoisotopic (exact) mass is 380 g/mol. The minimum absolute atomic E-state index is 0.0540. The molecule has 1 saturated heterocycles. The van der Waals surface area contributed by atoms with Crippen molar-refractivity contribution in [2.24, 2.45) is 0 Å². The lowest BCUT2D eigenvalue weighted by Crippen LogP contribution is -2.27. The predicted octanol–water partition coefficient (Wildman–Crippen LogP) is 0.911. The van der Waals surface area contributed by atoms with E-state index in [0.29, 0.717) is 4.90 Å². The normalized spacial score (nSPS) is 22.3. The van der Waals surface area contributed by atoms with E-state index in [1.165, 1.54) is 22.9 Å². The number of anilines is 1. The first-order valence-electron chi connectivity index (χ1n) is 7.69. The number of nitro groups is 1. The molecule has 2 heterocycles. The van der Waals surface area contributed by atoms with E-state index in [9.17, 15) is 20.0 Å². The van der Waals surface area contributed by atoms with Gasteiger partial charge in [-0.3, -0.25) is 14.7 Å². The maximum absolute atomic E-state index is 12.2. The molecular weight excluding hydrogens is 364 g/mol. The summed E-state index contributed by atoms with van der Waals surface area (Å²) < 4.78 is 9.45. The van der Waals surface area contributed by atoms with Crippen molar-refractivity contribution < 1.29 is 19.9 Å². The van der Waals surface area contributed by atoms with E-state index in [0.717, 1.165) is 11.9 Å². The Bertz CT molecular complexity index is 860. The summed E-state index contributed by atoms with van der Waals surface area (Å²) in [5.41, 5.74) is -0.657. The first-order chi connectivity index (χ1) is 12.5. The second kappa shape index (κ2) is 7.83. The summed E-state index contributed by atoms with van der Waals surface area (Å²) in [6.07, 6.45) is -0.680. The molecule has 10 nitrogen and oxygen atoms in total. The van der Waals surface area contributed by atoms with Crippen LogP contribution < -0.4 is 10.4 Å². The van der Waals surface area contributed by atoms with Crippen molar-refractivity contribution >= 4 is 23.5 Å². The minimum Gasteiger partial charge on any atom is -0.394 e. The van der Waals surface area contributed by atoms with Gasteiger partial charge in [-0.05, 0) is 24.1 Å². The SMILES string of the molecule is O=c1nc(NSc2ccccc2[N+](=O)[O-])ccn1C1CC(O)C(CO)O1. The zero-order valence-electron chi connectivity index (χ0n) is 13.4. The quantitative estimate of drug-likeness (QED) is 0.379. The smallest absolute Gasteiger partial charge is 0.351 e. The molecule has 26 heavy (non-hydrogen) atoms. The second-order valence-corrected chi connectivity index (χ2v) is 6.39. The molecule has 0 saturated carbocycles. The van der Waals surface area contributed by atoms with E-state index in [2.05, 4.69) is 9.71 Å². The van der Waals surface area contributed by atoms with Crippen LogP contribution in [0.3, 0.4) is 0 Å². The molecule has 1 fully saturated rings. The first-order valence-corrected chi connectivity index (χ1v) is 8.51. The minimum atomic E-state index is -0.858. The van der Waals surface area contributed by atoms with Crippen LogP contribution in [0.2, 0.25) is 0 Å². The number of rotatable bonds is 6. The Balaban J connectivity index is 1.71. The third kappa shape index (κ3) is 3.85. The Labute approximate surface area is 151 Å². The number of hydrogen-bond donors (Lipinski definition) is 3.